The first-order valence-corrected chi connectivity index (χ1v) is 7.98. The first-order chi connectivity index (χ1) is 10.1. The number of carboxylic acid groups (broad SMARTS) is 1. The fourth-order valence-corrected chi connectivity index (χ4v) is 3.14. The molecule has 0 atom stereocenters. The van der Waals surface area contributed by atoms with E-state index in [2.05, 4.69) is 13.3 Å². The Morgan fingerprint density at radius 2 is 2.05 bits per heavy atom. The van der Waals surface area contributed by atoms with Crippen molar-refractivity contribution in [3.05, 3.63) is 22.2 Å². The van der Waals surface area contributed by atoms with E-state index < -0.39 is 10.9 Å². The number of nitrogens with zero attached hydrogens (tertiary/aromatic N) is 3. The van der Waals surface area contributed by atoms with Crippen molar-refractivity contribution in [2.24, 2.45) is 0 Å². The van der Waals surface area contributed by atoms with Gasteiger partial charge in [-0.2, -0.15) is 0 Å². The van der Waals surface area contributed by atoms with Crippen molar-refractivity contribution in [3.8, 4) is 0 Å². The minimum atomic E-state index is -0.779. The van der Waals surface area contributed by atoms with Gasteiger partial charge in [-0.05, 0) is 0 Å². The molecule has 8 nitrogen and oxygen atoms in total. The maximum atomic E-state index is 10.9. The number of nitrogens with one attached hydrogen (secondary N) is 1. The topological polar surface area (TPSA) is 118 Å². The number of carbonyl (C=O) groups is 1. The molecule has 0 aliphatic carbocycles. The average molecular weight is 357 g/mol. The van der Waals surface area contributed by atoms with Crippen molar-refractivity contribution in [2.45, 2.75) is 25.7 Å². The summed E-state index contributed by atoms with van der Waals surface area (Å²) < 4.78 is 8.34. The number of non-ortho nitro benzene ring substituents is 1. The molecule has 0 saturated heterocycles. The van der Waals surface area contributed by atoms with Gasteiger partial charge in [0.15, 0.2) is 0 Å². The van der Waals surface area contributed by atoms with Gasteiger partial charge in [-0.25, -0.2) is 0 Å². The molecule has 2 N–H and O–H groups in total. The summed E-state index contributed by atoms with van der Waals surface area (Å²) in [6.07, 6.45) is 2.49. The van der Waals surface area contributed by atoms with Gasteiger partial charge < -0.3 is 0 Å². The van der Waals surface area contributed by atoms with E-state index in [9.17, 15) is 14.9 Å². The molecule has 0 aliphatic rings. The summed E-state index contributed by atoms with van der Waals surface area (Å²) in [5.74, 6) is -0.779. The van der Waals surface area contributed by atoms with Crippen molar-refractivity contribution in [2.75, 3.05) is 11.9 Å². The molecule has 21 heavy (non-hydrogen) atoms. The van der Waals surface area contributed by atoms with Crippen LogP contribution in [0, 0.1) is 10.1 Å². The van der Waals surface area contributed by atoms with E-state index in [0.29, 0.717) is 24.0 Å². The fraction of sp³-hybridized carbons (Fsp3) is 0.417. The quantitative estimate of drug-likeness (QED) is 0.319. The van der Waals surface area contributed by atoms with Crippen LogP contribution in [0.1, 0.15) is 25.7 Å². The first kappa shape index (κ1) is 15.4. The van der Waals surface area contributed by atoms with E-state index in [4.69, 9.17) is 5.11 Å². The van der Waals surface area contributed by atoms with Gasteiger partial charge in [0.2, 0.25) is 0 Å². The van der Waals surface area contributed by atoms with Crippen molar-refractivity contribution in [1.29, 1.82) is 0 Å². The summed E-state index contributed by atoms with van der Waals surface area (Å²) in [4.78, 5) is 20.8. The normalized spacial score (nSPS) is 10.7. The van der Waals surface area contributed by atoms with Crippen LogP contribution in [0.5, 0.6) is 0 Å². The number of carboxylic acids is 1. The van der Waals surface area contributed by atoms with Gasteiger partial charge >= 0.3 is 126 Å². The van der Waals surface area contributed by atoms with Crippen LogP contribution in [-0.4, -0.2) is 45.5 Å². The maximum absolute atomic E-state index is 10.9. The predicted octanol–water partition coefficient (Wildman–Crippen LogP) is 1.65. The minimum absolute atomic E-state index is 0.0138. The number of aromatic nitrogens is 2. The average Bonchev–Trinajstić information content (AvgIpc) is 2.91. The number of benzene rings is 1. The van der Waals surface area contributed by atoms with Crippen LogP contribution in [-0.2, 0) is 4.79 Å². The molecule has 2 aromatic rings. The second-order valence-corrected chi connectivity index (χ2v) is 5.59. The van der Waals surface area contributed by atoms with Crippen LogP contribution < -0.4 is 5.32 Å². The van der Waals surface area contributed by atoms with E-state index in [-0.39, 0.29) is 27.1 Å². The summed E-state index contributed by atoms with van der Waals surface area (Å²) in [6, 6.07) is 3.08. The van der Waals surface area contributed by atoms with Gasteiger partial charge in [-0.1, -0.05) is 0 Å². The van der Waals surface area contributed by atoms with E-state index in [0.717, 1.165) is 18.5 Å². The summed E-state index contributed by atoms with van der Waals surface area (Å²) >= 11 is -0.327. The van der Waals surface area contributed by atoms with E-state index in [1.54, 1.807) is 6.07 Å². The van der Waals surface area contributed by atoms with Crippen LogP contribution >= 0.6 is 0 Å². The number of anilines is 1. The molecule has 1 aromatic carbocycles. The molecule has 0 radical (unpaired) electrons. The molecule has 9 heteroatoms. The Balaban J connectivity index is 1.94. The van der Waals surface area contributed by atoms with Gasteiger partial charge in [0, 0.05) is 0 Å². The number of fused-ring (bicyclic) bond motifs is 1. The number of hydrogen-bond donors (Lipinski definition) is 2. The number of rotatable bonds is 8. The molecule has 0 bridgehead atoms. The Hall–Kier alpha value is -1.99. The molecule has 1 aromatic heterocycles. The summed E-state index contributed by atoms with van der Waals surface area (Å²) in [5, 5.41) is 22.6. The molecule has 0 spiro atoms. The molecule has 0 aliphatic heterocycles. The van der Waals surface area contributed by atoms with Gasteiger partial charge in [0.25, 0.3) is 0 Å². The summed E-state index contributed by atoms with van der Waals surface area (Å²) in [6.45, 7) is 0.673. The Kier molecular flexibility index (Phi) is 5.24. The second kappa shape index (κ2) is 7.14. The van der Waals surface area contributed by atoms with Crippen LogP contribution in [0.4, 0.5) is 11.4 Å². The van der Waals surface area contributed by atoms with Crippen LogP contribution in [0.15, 0.2) is 12.1 Å². The molecule has 1 heterocycles. The van der Waals surface area contributed by atoms with Gasteiger partial charge in [0.1, 0.15) is 0 Å². The van der Waals surface area contributed by atoms with Crippen LogP contribution in [0.2, 0.25) is 0 Å². The second-order valence-electron chi connectivity index (χ2n) is 4.48. The van der Waals surface area contributed by atoms with Crippen LogP contribution in [0.3, 0.4) is 0 Å². The molecule has 112 valence electrons. The van der Waals surface area contributed by atoms with E-state index >= 15 is 0 Å². The van der Waals surface area contributed by atoms with Crippen molar-refractivity contribution in [3.63, 3.8) is 0 Å². The Bertz CT molecular complexity index is 658. The third-order valence-electron chi connectivity index (χ3n) is 2.97. The number of nitro benzene ring substituents is 1. The first-order valence-electron chi connectivity index (χ1n) is 6.45. The molecular formula is C12H14N4O4Se. The number of nitro groups is 1. The summed E-state index contributed by atoms with van der Waals surface area (Å²) in [5.41, 5.74) is 1.66. The number of unbranched alkanes of at least 4 members (excludes halogenated alkanes) is 2. The molecule has 0 amide bonds. The Labute approximate surface area is 126 Å². The zero-order chi connectivity index (χ0) is 15.2. The predicted molar refractivity (Wildman–Crippen MR) is 77.7 cm³/mol. The zero-order valence-electron chi connectivity index (χ0n) is 11.1. The zero-order valence-corrected chi connectivity index (χ0v) is 12.8. The number of aliphatic carboxylic acids is 1. The molecule has 0 fully saturated rings. The van der Waals surface area contributed by atoms with Gasteiger partial charge in [0.05, 0.1) is 0 Å². The molecule has 0 unspecified atom stereocenters. The van der Waals surface area contributed by atoms with Crippen molar-refractivity contribution < 1.29 is 14.8 Å². The fourth-order valence-electron chi connectivity index (χ4n) is 1.94. The molecular weight excluding hydrogens is 343 g/mol. The monoisotopic (exact) mass is 358 g/mol. The number of hydrogen-bond acceptors (Lipinski definition) is 6. The van der Waals surface area contributed by atoms with Gasteiger partial charge in [-0.15, -0.1) is 0 Å². The molecule has 0 saturated carbocycles. The van der Waals surface area contributed by atoms with E-state index in [1.807, 2.05) is 0 Å². The third kappa shape index (κ3) is 3.99. The van der Waals surface area contributed by atoms with Gasteiger partial charge in [-0.3, -0.25) is 0 Å². The Morgan fingerprint density at radius 1 is 1.29 bits per heavy atom. The Morgan fingerprint density at radius 3 is 2.76 bits per heavy atom. The standard InChI is InChI=1S/C12H14N4O4Se/c17-10(18)4-2-1-3-7-13-8-5-6-9(16(19)20)12-11(8)14-21-15-12/h5-6,13H,1-4,7H2,(H,17,18). The van der Waals surface area contributed by atoms with Crippen molar-refractivity contribution >= 4 is 43.3 Å². The van der Waals surface area contributed by atoms with E-state index in [1.165, 1.54) is 6.07 Å². The summed E-state index contributed by atoms with van der Waals surface area (Å²) in [7, 11) is 0. The third-order valence-corrected chi connectivity index (χ3v) is 4.08. The SMILES string of the molecule is O=C(O)CCCCCNc1ccc([N+](=O)[O-])c2n[se]nc12. The van der Waals surface area contributed by atoms with Crippen molar-refractivity contribution in [1.82, 2.24) is 7.96 Å². The van der Waals surface area contributed by atoms with Crippen LogP contribution in [0.25, 0.3) is 11.0 Å². The molecule has 2 rings (SSSR count).